The molecule has 2 aromatic carbocycles. The SMILES string of the molecule is C[C@H](NCCc1cc(Cl)c(NCC(=O)N(C)C)c(Cl)c1)[C@H](O)c1ccc(O)cc1. The topological polar surface area (TPSA) is 84.8 Å². The Hall–Kier alpha value is -1.99. The van der Waals surface area contributed by atoms with Gasteiger partial charge in [0.15, 0.2) is 0 Å². The molecule has 0 aliphatic heterocycles. The van der Waals surface area contributed by atoms with Gasteiger partial charge in [-0.1, -0.05) is 35.3 Å². The van der Waals surface area contributed by atoms with Crippen LogP contribution in [-0.2, 0) is 11.2 Å². The lowest BCUT2D eigenvalue weighted by molar-refractivity contribution is -0.126. The number of likely N-dealkylation sites (N-methyl/N-ethyl adjacent to an activating group) is 1. The second kappa shape index (κ2) is 10.7. The summed E-state index contributed by atoms with van der Waals surface area (Å²) < 4.78 is 0. The van der Waals surface area contributed by atoms with Crippen molar-refractivity contribution in [3.63, 3.8) is 0 Å². The standard InChI is InChI=1S/C21H27Cl2N3O3/c1-13(21(29)15-4-6-16(27)7-5-15)24-9-8-14-10-17(22)20(18(23)11-14)25-12-19(28)26(2)3/h4-7,10-11,13,21,24-25,27,29H,8-9,12H2,1-3H3/t13-,21-/m0/s1. The molecular weight excluding hydrogens is 413 g/mol. The largest absolute Gasteiger partial charge is 0.508 e. The van der Waals surface area contributed by atoms with Crippen molar-refractivity contribution >= 4 is 34.8 Å². The van der Waals surface area contributed by atoms with Crippen LogP contribution in [0.4, 0.5) is 5.69 Å². The fourth-order valence-electron chi connectivity index (χ4n) is 2.78. The minimum atomic E-state index is -0.691. The number of phenols is 1. The Balaban J connectivity index is 1.90. The zero-order valence-corrected chi connectivity index (χ0v) is 18.3. The highest BCUT2D eigenvalue weighted by atomic mass is 35.5. The number of phenolic OH excluding ortho intramolecular Hbond substituents is 1. The fourth-order valence-corrected chi connectivity index (χ4v) is 3.44. The van der Waals surface area contributed by atoms with Gasteiger partial charge >= 0.3 is 0 Å². The molecule has 2 rings (SSSR count). The maximum absolute atomic E-state index is 11.7. The first-order chi connectivity index (χ1) is 13.7. The molecule has 0 saturated carbocycles. The van der Waals surface area contributed by atoms with Crippen molar-refractivity contribution in [2.45, 2.75) is 25.5 Å². The highest BCUT2D eigenvalue weighted by Gasteiger charge is 2.16. The van der Waals surface area contributed by atoms with Crippen LogP contribution in [0.15, 0.2) is 36.4 Å². The molecule has 29 heavy (non-hydrogen) atoms. The number of hydrogen-bond donors (Lipinski definition) is 4. The second-order valence-electron chi connectivity index (χ2n) is 7.11. The number of rotatable bonds is 9. The first-order valence-electron chi connectivity index (χ1n) is 9.31. The van der Waals surface area contributed by atoms with Gasteiger partial charge in [-0.3, -0.25) is 4.79 Å². The van der Waals surface area contributed by atoms with Crippen LogP contribution < -0.4 is 10.6 Å². The first-order valence-corrected chi connectivity index (χ1v) is 10.1. The molecule has 0 aliphatic carbocycles. The van der Waals surface area contributed by atoms with Gasteiger partial charge in [0.25, 0.3) is 0 Å². The molecule has 4 N–H and O–H groups in total. The van der Waals surface area contributed by atoms with E-state index in [2.05, 4.69) is 10.6 Å². The van der Waals surface area contributed by atoms with E-state index in [1.807, 2.05) is 19.1 Å². The lowest BCUT2D eigenvalue weighted by atomic mass is 10.0. The van der Waals surface area contributed by atoms with E-state index in [9.17, 15) is 15.0 Å². The molecule has 6 nitrogen and oxygen atoms in total. The van der Waals surface area contributed by atoms with Gasteiger partial charge in [-0.15, -0.1) is 0 Å². The van der Waals surface area contributed by atoms with Crippen LogP contribution in [0.3, 0.4) is 0 Å². The van der Waals surface area contributed by atoms with Gasteiger partial charge in [0.2, 0.25) is 5.91 Å². The third-order valence-electron chi connectivity index (χ3n) is 4.61. The summed E-state index contributed by atoms with van der Waals surface area (Å²) in [7, 11) is 3.37. The predicted molar refractivity (Wildman–Crippen MR) is 118 cm³/mol. The van der Waals surface area contributed by atoms with Crippen molar-refractivity contribution in [1.29, 1.82) is 0 Å². The number of amides is 1. The van der Waals surface area contributed by atoms with Crippen molar-refractivity contribution in [1.82, 2.24) is 10.2 Å². The van der Waals surface area contributed by atoms with E-state index >= 15 is 0 Å². The molecule has 0 unspecified atom stereocenters. The third kappa shape index (κ3) is 6.78. The van der Waals surface area contributed by atoms with Crippen LogP contribution in [0.25, 0.3) is 0 Å². The molecule has 0 heterocycles. The van der Waals surface area contributed by atoms with Crippen molar-refractivity contribution in [2.24, 2.45) is 0 Å². The molecule has 0 aromatic heterocycles. The predicted octanol–water partition coefficient (Wildman–Crippen LogP) is 3.45. The molecular formula is C21H27Cl2N3O3. The Kier molecular flexibility index (Phi) is 8.59. The molecule has 0 radical (unpaired) electrons. The summed E-state index contributed by atoms with van der Waals surface area (Å²) in [4.78, 5) is 13.2. The lowest BCUT2D eigenvalue weighted by Gasteiger charge is -2.21. The first kappa shape index (κ1) is 23.3. The number of benzene rings is 2. The number of aliphatic hydroxyl groups is 1. The normalized spacial score (nSPS) is 13.0. The van der Waals surface area contributed by atoms with Gasteiger partial charge in [-0.05, 0) is 55.3 Å². The quantitative estimate of drug-likeness (QED) is 0.480. The summed E-state index contributed by atoms with van der Waals surface area (Å²) in [5, 5.41) is 26.9. The van der Waals surface area contributed by atoms with Crippen LogP contribution in [0, 0.1) is 0 Å². The molecule has 0 fully saturated rings. The zero-order chi connectivity index (χ0) is 21.6. The van der Waals surface area contributed by atoms with E-state index in [1.165, 1.54) is 4.90 Å². The smallest absolute Gasteiger partial charge is 0.241 e. The minimum Gasteiger partial charge on any atom is -0.508 e. The number of aliphatic hydroxyl groups excluding tert-OH is 1. The van der Waals surface area contributed by atoms with Gasteiger partial charge in [0, 0.05) is 20.1 Å². The Labute approximate surface area is 181 Å². The number of hydrogen-bond acceptors (Lipinski definition) is 5. The van der Waals surface area contributed by atoms with Crippen LogP contribution in [-0.4, -0.2) is 54.2 Å². The molecule has 0 aliphatic rings. The number of carbonyl (C=O) groups is 1. The molecule has 2 atom stereocenters. The average molecular weight is 440 g/mol. The summed E-state index contributed by atoms with van der Waals surface area (Å²) >= 11 is 12.7. The number of carbonyl (C=O) groups excluding carboxylic acids is 1. The number of aromatic hydroxyl groups is 1. The van der Waals surface area contributed by atoms with Crippen molar-refractivity contribution in [2.75, 3.05) is 32.5 Å². The Morgan fingerprint density at radius 2 is 1.72 bits per heavy atom. The molecule has 0 saturated heterocycles. The monoisotopic (exact) mass is 439 g/mol. The zero-order valence-electron chi connectivity index (χ0n) is 16.7. The van der Waals surface area contributed by atoms with Crippen LogP contribution in [0.1, 0.15) is 24.2 Å². The number of anilines is 1. The number of nitrogens with one attached hydrogen (secondary N) is 2. The van der Waals surface area contributed by atoms with Gasteiger partial charge in [-0.25, -0.2) is 0 Å². The van der Waals surface area contributed by atoms with Crippen molar-refractivity contribution in [3.8, 4) is 5.75 Å². The molecule has 8 heteroatoms. The van der Waals surface area contributed by atoms with E-state index < -0.39 is 6.10 Å². The van der Waals surface area contributed by atoms with E-state index in [4.69, 9.17) is 23.2 Å². The fraction of sp³-hybridized carbons (Fsp3) is 0.381. The van der Waals surface area contributed by atoms with E-state index in [0.29, 0.717) is 28.7 Å². The summed E-state index contributed by atoms with van der Waals surface area (Å²) in [6.07, 6.45) is -0.0215. The van der Waals surface area contributed by atoms with Crippen molar-refractivity contribution in [3.05, 3.63) is 57.6 Å². The molecule has 0 bridgehead atoms. The Bertz CT molecular complexity index is 805. The molecule has 158 valence electrons. The van der Waals surface area contributed by atoms with E-state index in [1.54, 1.807) is 38.4 Å². The maximum atomic E-state index is 11.7. The summed E-state index contributed by atoms with van der Waals surface area (Å²) in [6.45, 7) is 2.63. The van der Waals surface area contributed by atoms with Gasteiger partial charge in [-0.2, -0.15) is 0 Å². The van der Waals surface area contributed by atoms with Crippen LogP contribution in [0.5, 0.6) is 5.75 Å². The third-order valence-corrected chi connectivity index (χ3v) is 5.20. The second-order valence-corrected chi connectivity index (χ2v) is 7.92. The molecule has 1 amide bonds. The van der Waals surface area contributed by atoms with Crippen molar-refractivity contribution < 1.29 is 15.0 Å². The van der Waals surface area contributed by atoms with E-state index in [-0.39, 0.29) is 24.2 Å². The van der Waals surface area contributed by atoms with Gasteiger partial charge in [0.1, 0.15) is 5.75 Å². The molecule has 2 aromatic rings. The molecule has 0 spiro atoms. The summed E-state index contributed by atoms with van der Waals surface area (Å²) in [5.41, 5.74) is 2.22. The summed E-state index contributed by atoms with van der Waals surface area (Å²) in [5.74, 6) is 0.0888. The lowest BCUT2D eigenvalue weighted by Crippen LogP contribution is -2.33. The number of nitrogens with zero attached hydrogens (tertiary/aromatic N) is 1. The highest BCUT2D eigenvalue weighted by Crippen LogP contribution is 2.32. The number of halogens is 2. The summed E-state index contributed by atoms with van der Waals surface area (Å²) in [6, 6.07) is 9.96. The van der Waals surface area contributed by atoms with Gasteiger partial charge in [0.05, 0.1) is 28.4 Å². The van der Waals surface area contributed by atoms with E-state index in [0.717, 1.165) is 11.1 Å². The highest BCUT2D eigenvalue weighted by molar-refractivity contribution is 6.39. The minimum absolute atomic E-state index is 0.0772. The average Bonchev–Trinajstić information content (AvgIpc) is 2.67. The maximum Gasteiger partial charge on any atom is 0.241 e. The van der Waals surface area contributed by atoms with Crippen LogP contribution >= 0.6 is 23.2 Å². The Morgan fingerprint density at radius 3 is 2.28 bits per heavy atom. The van der Waals surface area contributed by atoms with Gasteiger partial charge < -0.3 is 25.7 Å². The van der Waals surface area contributed by atoms with Crippen LogP contribution in [0.2, 0.25) is 10.0 Å². The Morgan fingerprint density at radius 1 is 1.14 bits per heavy atom.